The second kappa shape index (κ2) is 8.19. The number of likely N-dealkylation sites (tertiary alicyclic amines) is 2. The van der Waals surface area contributed by atoms with Crippen LogP contribution in [0.5, 0.6) is 0 Å². The van der Waals surface area contributed by atoms with Crippen LogP contribution in [0.25, 0.3) is 0 Å². The highest BCUT2D eigenvalue weighted by Crippen LogP contribution is 2.33. The molecule has 0 aromatic heterocycles. The zero-order chi connectivity index (χ0) is 20.4. The Balaban J connectivity index is 1.27. The molecule has 4 rings (SSSR count). The summed E-state index contributed by atoms with van der Waals surface area (Å²) in [6.45, 7) is 13.0. The standard InChI is InChI=1S/C25H32FN3/c1-19(27-24-11-9-20(10-12-24)13-25(2,3)26)29-17-22-15-28(16-23(22)18-29)14-21-7-5-4-6-8-21/h4-12,22-23,27H,1,13-18H2,2-3H3. The summed E-state index contributed by atoms with van der Waals surface area (Å²) in [5.74, 6) is 2.39. The first-order valence-corrected chi connectivity index (χ1v) is 10.6. The first kappa shape index (κ1) is 20.0. The van der Waals surface area contributed by atoms with Gasteiger partial charge in [0.2, 0.25) is 0 Å². The fourth-order valence-electron chi connectivity index (χ4n) is 4.72. The van der Waals surface area contributed by atoms with Crippen molar-refractivity contribution < 1.29 is 4.39 Å². The maximum atomic E-state index is 13.8. The first-order valence-electron chi connectivity index (χ1n) is 10.6. The molecule has 29 heavy (non-hydrogen) atoms. The maximum absolute atomic E-state index is 13.8. The topological polar surface area (TPSA) is 18.5 Å². The summed E-state index contributed by atoms with van der Waals surface area (Å²) < 4.78 is 13.8. The molecule has 2 unspecified atom stereocenters. The lowest BCUT2D eigenvalue weighted by atomic mass is 10.0. The molecule has 4 heteroatoms. The molecular formula is C25H32FN3. The minimum absolute atomic E-state index is 0.434. The number of halogens is 1. The molecule has 0 spiro atoms. The minimum atomic E-state index is -1.18. The lowest BCUT2D eigenvalue weighted by Crippen LogP contribution is -2.30. The molecule has 2 saturated heterocycles. The summed E-state index contributed by atoms with van der Waals surface area (Å²) in [4.78, 5) is 4.97. The molecule has 2 fully saturated rings. The Morgan fingerprint density at radius 1 is 0.966 bits per heavy atom. The molecular weight excluding hydrogens is 361 g/mol. The van der Waals surface area contributed by atoms with E-state index in [9.17, 15) is 4.39 Å². The Hall–Kier alpha value is -2.33. The summed E-state index contributed by atoms with van der Waals surface area (Å²) >= 11 is 0. The second-order valence-corrected chi connectivity index (χ2v) is 9.27. The maximum Gasteiger partial charge on any atom is 0.109 e. The van der Waals surface area contributed by atoms with Gasteiger partial charge in [0.15, 0.2) is 0 Å². The highest BCUT2D eigenvalue weighted by Gasteiger charge is 2.40. The van der Waals surface area contributed by atoms with E-state index in [1.807, 2.05) is 24.3 Å². The summed E-state index contributed by atoms with van der Waals surface area (Å²) in [7, 11) is 0. The van der Waals surface area contributed by atoms with Crippen LogP contribution in [0.3, 0.4) is 0 Å². The van der Waals surface area contributed by atoms with Crippen LogP contribution >= 0.6 is 0 Å². The van der Waals surface area contributed by atoms with Gasteiger partial charge in [-0.15, -0.1) is 0 Å². The van der Waals surface area contributed by atoms with Gasteiger partial charge >= 0.3 is 0 Å². The van der Waals surface area contributed by atoms with E-state index in [-0.39, 0.29) is 0 Å². The third kappa shape index (κ3) is 5.18. The third-order valence-corrected chi connectivity index (χ3v) is 6.06. The smallest absolute Gasteiger partial charge is 0.109 e. The summed E-state index contributed by atoms with van der Waals surface area (Å²) in [6.07, 6.45) is 0.434. The molecule has 2 atom stereocenters. The molecule has 0 amide bonds. The van der Waals surface area contributed by atoms with Crippen LogP contribution in [0.2, 0.25) is 0 Å². The largest absolute Gasteiger partial charge is 0.358 e. The molecule has 0 radical (unpaired) electrons. The zero-order valence-electron chi connectivity index (χ0n) is 17.6. The molecule has 2 aliphatic rings. The van der Waals surface area contributed by atoms with Crippen LogP contribution in [0.4, 0.5) is 10.1 Å². The molecule has 0 saturated carbocycles. The SMILES string of the molecule is C=C(Nc1ccc(CC(C)(C)F)cc1)N1CC2CN(Cc3ccccc3)CC2C1. The minimum Gasteiger partial charge on any atom is -0.358 e. The fourth-order valence-corrected chi connectivity index (χ4v) is 4.72. The predicted octanol–water partition coefficient (Wildman–Crippen LogP) is 4.92. The van der Waals surface area contributed by atoms with Crippen LogP contribution in [0.15, 0.2) is 67.0 Å². The van der Waals surface area contributed by atoms with E-state index in [0.717, 1.165) is 49.8 Å². The van der Waals surface area contributed by atoms with E-state index >= 15 is 0 Å². The van der Waals surface area contributed by atoms with E-state index in [4.69, 9.17) is 0 Å². The van der Waals surface area contributed by atoms with Gasteiger partial charge in [0.1, 0.15) is 5.67 Å². The molecule has 2 heterocycles. The summed E-state index contributed by atoms with van der Waals surface area (Å²) in [6, 6.07) is 18.8. The van der Waals surface area contributed by atoms with Gasteiger partial charge in [-0.3, -0.25) is 4.90 Å². The molecule has 0 aliphatic carbocycles. The van der Waals surface area contributed by atoms with E-state index in [1.165, 1.54) is 5.56 Å². The van der Waals surface area contributed by atoms with Gasteiger partial charge in [-0.1, -0.05) is 49.0 Å². The van der Waals surface area contributed by atoms with E-state index in [2.05, 4.69) is 52.0 Å². The van der Waals surface area contributed by atoms with E-state index in [1.54, 1.807) is 13.8 Å². The molecule has 3 nitrogen and oxygen atoms in total. The number of anilines is 1. The monoisotopic (exact) mass is 393 g/mol. The molecule has 154 valence electrons. The van der Waals surface area contributed by atoms with E-state index < -0.39 is 5.67 Å². The Morgan fingerprint density at radius 2 is 1.59 bits per heavy atom. The van der Waals surface area contributed by atoms with Crippen molar-refractivity contribution in [3.05, 3.63) is 78.1 Å². The van der Waals surface area contributed by atoms with Crippen LogP contribution in [-0.4, -0.2) is 41.6 Å². The van der Waals surface area contributed by atoms with Crippen molar-refractivity contribution >= 4 is 5.69 Å². The Bertz CT molecular complexity index is 811. The van der Waals surface area contributed by atoms with Gasteiger partial charge in [-0.25, -0.2) is 4.39 Å². The molecule has 2 aromatic rings. The quantitative estimate of drug-likeness (QED) is 0.720. The lowest BCUT2D eigenvalue weighted by Gasteiger charge is -2.25. The van der Waals surface area contributed by atoms with Crippen LogP contribution in [-0.2, 0) is 13.0 Å². The molecule has 1 N–H and O–H groups in total. The Labute approximate surface area is 174 Å². The van der Waals surface area contributed by atoms with Gasteiger partial charge in [0.05, 0.1) is 5.82 Å². The highest BCUT2D eigenvalue weighted by atomic mass is 19.1. The van der Waals surface area contributed by atoms with Crippen LogP contribution in [0, 0.1) is 11.8 Å². The van der Waals surface area contributed by atoms with Crippen molar-refractivity contribution in [1.82, 2.24) is 9.80 Å². The second-order valence-electron chi connectivity index (χ2n) is 9.27. The number of nitrogens with zero attached hydrogens (tertiary/aromatic N) is 2. The Kier molecular flexibility index (Phi) is 5.64. The summed E-state index contributed by atoms with van der Waals surface area (Å²) in [5, 5.41) is 3.44. The van der Waals surface area contributed by atoms with E-state index in [0.29, 0.717) is 18.3 Å². The predicted molar refractivity (Wildman–Crippen MR) is 118 cm³/mol. The molecule has 2 aromatic carbocycles. The lowest BCUT2D eigenvalue weighted by molar-refractivity contribution is 0.217. The third-order valence-electron chi connectivity index (χ3n) is 6.06. The van der Waals surface area contributed by atoms with Crippen molar-refractivity contribution in [2.75, 3.05) is 31.5 Å². The zero-order valence-corrected chi connectivity index (χ0v) is 17.6. The Morgan fingerprint density at radius 3 is 2.17 bits per heavy atom. The number of hydrogen-bond acceptors (Lipinski definition) is 3. The normalized spacial score (nSPS) is 22.0. The van der Waals surface area contributed by atoms with Crippen LogP contribution in [0.1, 0.15) is 25.0 Å². The number of nitrogens with one attached hydrogen (secondary N) is 1. The summed E-state index contributed by atoms with van der Waals surface area (Å²) in [5.41, 5.74) is 2.25. The molecule has 2 aliphatic heterocycles. The number of benzene rings is 2. The van der Waals surface area contributed by atoms with Gasteiger partial charge in [0.25, 0.3) is 0 Å². The van der Waals surface area contributed by atoms with Crippen molar-refractivity contribution in [3.63, 3.8) is 0 Å². The van der Waals surface area contributed by atoms with Gasteiger partial charge < -0.3 is 10.2 Å². The highest BCUT2D eigenvalue weighted by molar-refractivity contribution is 5.48. The average Bonchev–Trinajstić information content (AvgIpc) is 3.21. The number of fused-ring (bicyclic) bond motifs is 1. The van der Waals surface area contributed by atoms with Crippen LogP contribution < -0.4 is 5.32 Å². The van der Waals surface area contributed by atoms with Crippen molar-refractivity contribution in [1.29, 1.82) is 0 Å². The number of rotatable bonds is 7. The van der Waals surface area contributed by atoms with Crippen molar-refractivity contribution in [2.45, 2.75) is 32.5 Å². The molecule has 0 bridgehead atoms. The number of alkyl halides is 1. The van der Waals surface area contributed by atoms with Gasteiger partial charge in [-0.2, -0.15) is 0 Å². The van der Waals surface area contributed by atoms with Gasteiger partial charge in [-0.05, 0) is 48.9 Å². The fraction of sp³-hybridized carbons (Fsp3) is 0.440. The number of hydrogen-bond donors (Lipinski definition) is 1. The van der Waals surface area contributed by atoms with Gasteiger partial charge in [0, 0.05) is 44.8 Å². The average molecular weight is 394 g/mol. The van der Waals surface area contributed by atoms with Crippen molar-refractivity contribution in [3.8, 4) is 0 Å². The first-order chi connectivity index (χ1) is 13.9. The van der Waals surface area contributed by atoms with Crippen molar-refractivity contribution in [2.24, 2.45) is 11.8 Å².